The van der Waals surface area contributed by atoms with E-state index in [1.54, 1.807) is 43.4 Å². The first-order valence-electron chi connectivity index (χ1n) is 9.59. The van der Waals surface area contributed by atoms with Crippen LogP contribution in [0.2, 0.25) is 5.02 Å². The van der Waals surface area contributed by atoms with Gasteiger partial charge in [0, 0.05) is 18.8 Å². The number of hydrogen-bond donors (Lipinski definition) is 1. The molecule has 0 fully saturated rings. The second kappa shape index (κ2) is 9.35. The van der Waals surface area contributed by atoms with Crippen LogP contribution in [0.25, 0.3) is 10.3 Å². The molecule has 0 spiro atoms. The topological polar surface area (TPSA) is 98.1 Å². The number of carbonyl (C=O) groups is 2. The van der Waals surface area contributed by atoms with E-state index in [0.29, 0.717) is 31.9 Å². The van der Waals surface area contributed by atoms with Crippen LogP contribution in [0.15, 0.2) is 69.9 Å². The lowest BCUT2D eigenvalue weighted by Crippen LogP contribution is -2.30. The Morgan fingerprint density at radius 1 is 1.09 bits per heavy atom. The van der Waals surface area contributed by atoms with Gasteiger partial charge in [-0.3, -0.25) is 10.2 Å². The lowest BCUT2D eigenvalue weighted by atomic mass is 10.3. The summed E-state index contributed by atoms with van der Waals surface area (Å²) in [6, 6.07) is 16.6. The number of thiophene rings is 1. The molecule has 2 aromatic heterocycles. The van der Waals surface area contributed by atoms with Gasteiger partial charge < -0.3 is 13.9 Å². The minimum Gasteiger partial charge on any atom is -0.465 e. The first-order valence-corrected chi connectivity index (χ1v) is 10.8. The Hall–Kier alpha value is -3.82. The van der Waals surface area contributed by atoms with Crippen molar-refractivity contribution in [2.24, 2.45) is 0 Å². The number of methoxy groups -OCH3 is 1. The highest BCUT2D eigenvalue weighted by molar-refractivity contribution is 7.22. The molecule has 0 saturated carbocycles. The highest BCUT2D eigenvalue weighted by Crippen LogP contribution is 2.31. The molecule has 2 amide bonds. The Labute approximate surface area is 196 Å². The van der Waals surface area contributed by atoms with Gasteiger partial charge in [0.25, 0.3) is 0 Å². The van der Waals surface area contributed by atoms with Gasteiger partial charge in [-0.25, -0.2) is 14.4 Å². The fourth-order valence-corrected chi connectivity index (χ4v) is 4.02. The molecule has 0 aliphatic carbocycles. The number of carbonyl (C=O) groups excluding carboxylic acids is 2. The van der Waals surface area contributed by atoms with Crippen LogP contribution in [-0.2, 0) is 4.74 Å². The second-order valence-corrected chi connectivity index (χ2v) is 8.28. The second-order valence-electron chi connectivity index (χ2n) is 6.79. The minimum absolute atomic E-state index is 0.207. The van der Waals surface area contributed by atoms with E-state index < -0.39 is 17.6 Å². The van der Waals surface area contributed by atoms with Gasteiger partial charge >= 0.3 is 17.6 Å². The van der Waals surface area contributed by atoms with E-state index in [1.807, 2.05) is 12.1 Å². The molecule has 33 heavy (non-hydrogen) atoms. The zero-order valence-electron chi connectivity index (χ0n) is 17.5. The molecule has 0 aliphatic rings. The Balaban J connectivity index is 1.47. The Morgan fingerprint density at radius 3 is 2.52 bits per heavy atom. The summed E-state index contributed by atoms with van der Waals surface area (Å²) in [6.07, 6.45) is 0. The highest BCUT2D eigenvalue weighted by Gasteiger charge is 2.18. The van der Waals surface area contributed by atoms with E-state index in [4.69, 9.17) is 20.8 Å². The number of nitrogens with one attached hydrogen (secondary N) is 1. The zero-order chi connectivity index (χ0) is 23.5. The van der Waals surface area contributed by atoms with Crippen molar-refractivity contribution in [1.29, 1.82) is 0 Å². The monoisotopic (exact) mass is 484 g/mol. The molecule has 168 valence electrons. The Morgan fingerprint density at radius 2 is 1.82 bits per heavy atom. The van der Waals surface area contributed by atoms with Crippen LogP contribution in [0.1, 0.15) is 10.4 Å². The molecule has 0 atom stereocenters. The standard InChI is InChI=1S/C23H17ClN2O6S/c1-26(13-7-9-14(10-8-13)31-17-6-4-3-5-16(17)24)23(29)25-20-12-18-19(33-20)11-15(21(27)30-2)22(28)32-18/h3-12H,1-2H3,(H,25,29). The van der Waals surface area contributed by atoms with E-state index in [-0.39, 0.29) is 11.1 Å². The molecule has 0 unspecified atom stereocenters. The first kappa shape index (κ1) is 22.4. The first-order chi connectivity index (χ1) is 15.9. The quantitative estimate of drug-likeness (QED) is 0.362. The number of hydrogen-bond acceptors (Lipinski definition) is 7. The molecular formula is C23H17ClN2O6S. The highest BCUT2D eigenvalue weighted by atomic mass is 35.5. The molecule has 0 aliphatic heterocycles. The number of fused-ring (bicyclic) bond motifs is 1. The third-order valence-corrected chi connectivity index (χ3v) is 5.94. The minimum atomic E-state index is -0.804. The molecule has 10 heteroatoms. The number of anilines is 2. The van der Waals surface area contributed by atoms with Gasteiger partial charge in [0.2, 0.25) is 0 Å². The van der Waals surface area contributed by atoms with Crippen molar-refractivity contribution in [3.8, 4) is 11.5 Å². The van der Waals surface area contributed by atoms with Crippen LogP contribution in [0.3, 0.4) is 0 Å². The largest absolute Gasteiger partial charge is 0.465 e. The summed E-state index contributed by atoms with van der Waals surface area (Å²) >= 11 is 7.27. The Bertz CT molecular complexity index is 1400. The predicted molar refractivity (Wildman–Crippen MR) is 127 cm³/mol. The van der Waals surface area contributed by atoms with E-state index in [9.17, 15) is 14.4 Å². The van der Waals surface area contributed by atoms with Crippen molar-refractivity contribution in [3.63, 3.8) is 0 Å². The summed E-state index contributed by atoms with van der Waals surface area (Å²) in [5.74, 6) is 0.317. The summed E-state index contributed by atoms with van der Waals surface area (Å²) in [5.41, 5.74) is -0.126. The normalized spacial score (nSPS) is 10.6. The van der Waals surface area contributed by atoms with Crippen molar-refractivity contribution in [2.45, 2.75) is 0 Å². The van der Waals surface area contributed by atoms with Crippen LogP contribution in [0.4, 0.5) is 15.5 Å². The number of halogens is 1. The van der Waals surface area contributed by atoms with Crippen molar-refractivity contribution in [3.05, 3.63) is 81.7 Å². The zero-order valence-corrected chi connectivity index (χ0v) is 19.0. The maximum absolute atomic E-state index is 12.7. The van der Waals surface area contributed by atoms with Gasteiger partial charge in [0.05, 0.1) is 16.8 Å². The predicted octanol–water partition coefficient (Wildman–Crippen LogP) is 5.76. The van der Waals surface area contributed by atoms with Crippen molar-refractivity contribution in [1.82, 2.24) is 0 Å². The number of esters is 1. The molecule has 0 bridgehead atoms. The van der Waals surface area contributed by atoms with Crippen molar-refractivity contribution in [2.75, 3.05) is 24.4 Å². The fraction of sp³-hybridized carbons (Fsp3) is 0.0870. The van der Waals surface area contributed by atoms with Crippen LogP contribution < -0.4 is 20.6 Å². The van der Waals surface area contributed by atoms with E-state index in [1.165, 1.54) is 24.1 Å². The van der Waals surface area contributed by atoms with Gasteiger partial charge in [-0.2, -0.15) is 0 Å². The number of amides is 2. The molecule has 4 rings (SSSR count). The van der Waals surface area contributed by atoms with Crippen molar-refractivity contribution < 1.29 is 23.5 Å². The number of urea groups is 1. The molecule has 8 nitrogen and oxygen atoms in total. The number of para-hydroxylation sites is 1. The van der Waals surface area contributed by atoms with Crippen LogP contribution >= 0.6 is 22.9 Å². The molecule has 0 radical (unpaired) electrons. The molecule has 0 saturated heterocycles. The molecule has 2 aromatic carbocycles. The molecular weight excluding hydrogens is 468 g/mol. The summed E-state index contributed by atoms with van der Waals surface area (Å²) in [5, 5.41) is 3.70. The third kappa shape index (κ3) is 4.84. The lowest BCUT2D eigenvalue weighted by Gasteiger charge is -2.18. The smallest absolute Gasteiger partial charge is 0.351 e. The van der Waals surface area contributed by atoms with E-state index in [2.05, 4.69) is 10.1 Å². The van der Waals surface area contributed by atoms with Gasteiger partial charge in [0.1, 0.15) is 22.1 Å². The Kier molecular flexibility index (Phi) is 6.34. The third-order valence-electron chi connectivity index (χ3n) is 4.65. The van der Waals surface area contributed by atoms with Crippen LogP contribution in [-0.4, -0.2) is 26.2 Å². The summed E-state index contributed by atoms with van der Waals surface area (Å²) in [7, 11) is 2.79. The van der Waals surface area contributed by atoms with Crippen LogP contribution in [0, 0.1) is 0 Å². The van der Waals surface area contributed by atoms with Gasteiger partial charge in [-0.1, -0.05) is 23.7 Å². The number of benzene rings is 2. The molecule has 1 N–H and O–H groups in total. The molecule has 2 heterocycles. The maximum atomic E-state index is 12.7. The number of nitrogens with zero attached hydrogens (tertiary/aromatic N) is 1. The van der Waals surface area contributed by atoms with Gasteiger partial charge in [0.15, 0.2) is 5.58 Å². The summed E-state index contributed by atoms with van der Waals surface area (Å²) in [6.45, 7) is 0. The number of ether oxygens (including phenoxy) is 2. The van der Waals surface area contributed by atoms with Gasteiger partial charge in [-0.05, 0) is 42.5 Å². The van der Waals surface area contributed by atoms with Crippen LogP contribution in [0.5, 0.6) is 11.5 Å². The SMILES string of the molecule is COC(=O)c1cc2sc(NC(=O)N(C)c3ccc(Oc4ccccc4Cl)cc3)cc2oc1=O. The van der Waals surface area contributed by atoms with E-state index >= 15 is 0 Å². The molecule has 4 aromatic rings. The van der Waals surface area contributed by atoms with E-state index in [0.717, 1.165) is 11.3 Å². The maximum Gasteiger partial charge on any atom is 0.351 e. The van der Waals surface area contributed by atoms with Crippen molar-refractivity contribution >= 4 is 55.9 Å². The summed E-state index contributed by atoms with van der Waals surface area (Å²) in [4.78, 5) is 37.7. The summed E-state index contributed by atoms with van der Waals surface area (Å²) < 4.78 is 16.0. The van der Waals surface area contributed by atoms with Gasteiger partial charge in [-0.15, -0.1) is 11.3 Å². The lowest BCUT2D eigenvalue weighted by molar-refractivity contribution is 0.0596. The number of rotatable bonds is 5. The average molecular weight is 485 g/mol. The fourth-order valence-electron chi connectivity index (χ4n) is 2.93. The average Bonchev–Trinajstić information content (AvgIpc) is 3.20.